The summed E-state index contributed by atoms with van der Waals surface area (Å²) in [5, 5.41) is 6.74. The lowest BCUT2D eigenvalue weighted by Crippen LogP contribution is -2.46. The zero-order chi connectivity index (χ0) is 15.7. The van der Waals surface area contributed by atoms with Crippen LogP contribution in [-0.2, 0) is 17.6 Å². The van der Waals surface area contributed by atoms with Gasteiger partial charge in [0.05, 0.1) is 0 Å². The van der Waals surface area contributed by atoms with Crippen LogP contribution in [0.4, 0.5) is 0 Å². The highest BCUT2D eigenvalue weighted by Crippen LogP contribution is 2.27. The lowest BCUT2D eigenvalue weighted by atomic mass is 9.96. The summed E-state index contributed by atoms with van der Waals surface area (Å²) in [6, 6.07) is -0.697. The van der Waals surface area contributed by atoms with E-state index in [2.05, 4.69) is 10.5 Å². The highest BCUT2D eigenvalue weighted by molar-refractivity contribution is 5.97. The maximum atomic E-state index is 12.8. The van der Waals surface area contributed by atoms with E-state index >= 15 is 0 Å². The van der Waals surface area contributed by atoms with Crippen molar-refractivity contribution in [1.82, 2.24) is 15.4 Å². The molecule has 0 spiro atoms. The first-order chi connectivity index (χ1) is 10.6. The molecule has 1 aromatic rings. The molecule has 1 aromatic heterocycles. The number of likely N-dealkylation sites (N-methyl/N-ethyl adjacent to an activating group) is 1. The summed E-state index contributed by atoms with van der Waals surface area (Å²) in [6.07, 6.45) is 4.22. The average molecular weight is 306 g/mol. The number of fused-ring (bicyclic) bond motifs is 1. The third-order valence-corrected chi connectivity index (χ3v) is 4.40. The normalized spacial score (nSPS) is 24.2. The molecule has 7 heteroatoms. The van der Waals surface area contributed by atoms with Gasteiger partial charge in [0.15, 0.2) is 5.69 Å². The Balaban J connectivity index is 1.84. The summed E-state index contributed by atoms with van der Waals surface area (Å²) in [7, 11) is 0. The van der Waals surface area contributed by atoms with Gasteiger partial charge in [0, 0.05) is 31.1 Å². The van der Waals surface area contributed by atoms with E-state index in [-0.39, 0.29) is 17.9 Å². The highest BCUT2D eigenvalue weighted by atomic mass is 16.5. The van der Waals surface area contributed by atoms with Crippen molar-refractivity contribution in [3.63, 3.8) is 0 Å². The van der Waals surface area contributed by atoms with Crippen molar-refractivity contribution < 1.29 is 14.1 Å². The Bertz CT molecular complexity index is 583. The number of nitrogens with two attached hydrogens (primary N) is 1. The molecule has 0 aromatic carbocycles. The van der Waals surface area contributed by atoms with E-state index in [0.717, 1.165) is 37.0 Å². The van der Waals surface area contributed by atoms with E-state index in [9.17, 15) is 9.59 Å². The van der Waals surface area contributed by atoms with Gasteiger partial charge in [-0.1, -0.05) is 5.16 Å². The number of aromatic nitrogens is 1. The maximum Gasteiger partial charge on any atom is 0.277 e. The van der Waals surface area contributed by atoms with Gasteiger partial charge in [-0.3, -0.25) is 9.59 Å². The van der Waals surface area contributed by atoms with Gasteiger partial charge in [0.1, 0.15) is 11.8 Å². The molecule has 2 aliphatic rings. The molecule has 0 unspecified atom stereocenters. The summed E-state index contributed by atoms with van der Waals surface area (Å²) in [6.45, 7) is 2.77. The van der Waals surface area contributed by atoms with Crippen molar-refractivity contribution >= 4 is 11.8 Å². The minimum atomic E-state index is -0.515. The summed E-state index contributed by atoms with van der Waals surface area (Å²) in [4.78, 5) is 26.5. The zero-order valence-electron chi connectivity index (χ0n) is 12.8. The van der Waals surface area contributed by atoms with Crippen molar-refractivity contribution in [1.29, 1.82) is 0 Å². The summed E-state index contributed by atoms with van der Waals surface area (Å²) in [5.74, 6) is 0.421. The number of hydrogen-bond acceptors (Lipinski definition) is 5. The van der Waals surface area contributed by atoms with Crippen LogP contribution in [0.25, 0.3) is 0 Å². The average Bonchev–Trinajstić information content (AvgIpc) is 3.10. The Morgan fingerprint density at radius 3 is 2.95 bits per heavy atom. The van der Waals surface area contributed by atoms with Crippen LogP contribution >= 0.6 is 0 Å². The Hall–Kier alpha value is -1.89. The number of carbonyl (C=O) groups is 2. The van der Waals surface area contributed by atoms with Crippen molar-refractivity contribution in [2.45, 2.75) is 51.1 Å². The van der Waals surface area contributed by atoms with E-state index in [1.807, 2.05) is 6.92 Å². The first-order valence-corrected chi connectivity index (χ1v) is 7.93. The topological polar surface area (TPSA) is 101 Å². The van der Waals surface area contributed by atoms with E-state index in [1.54, 1.807) is 4.90 Å². The van der Waals surface area contributed by atoms with Gasteiger partial charge in [0.25, 0.3) is 5.91 Å². The van der Waals surface area contributed by atoms with Crippen molar-refractivity contribution in [2.24, 2.45) is 5.73 Å². The third kappa shape index (κ3) is 2.61. The number of nitrogens with one attached hydrogen (secondary N) is 1. The Morgan fingerprint density at radius 1 is 1.41 bits per heavy atom. The van der Waals surface area contributed by atoms with Crippen LogP contribution in [0.5, 0.6) is 0 Å². The molecule has 120 valence electrons. The van der Waals surface area contributed by atoms with Gasteiger partial charge in [-0.25, -0.2) is 0 Å². The molecule has 1 saturated heterocycles. The quantitative estimate of drug-likeness (QED) is 0.832. The van der Waals surface area contributed by atoms with Gasteiger partial charge in [0.2, 0.25) is 5.91 Å². The molecule has 1 fully saturated rings. The number of carbonyl (C=O) groups excluding carboxylic acids is 2. The summed E-state index contributed by atoms with van der Waals surface area (Å²) in [5.41, 5.74) is 7.23. The highest BCUT2D eigenvalue weighted by Gasteiger charge is 2.40. The summed E-state index contributed by atoms with van der Waals surface area (Å²) < 4.78 is 5.31. The van der Waals surface area contributed by atoms with Crippen LogP contribution in [0, 0.1) is 0 Å². The number of nitrogens with zero attached hydrogens (tertiary/aromatic N) is 2. The van der Waals surface area contributed by atoms with E-state index in [0.29, 0.717) is 25.2 Å². The van der Waals surface area contributed by atoms with E-state index in [4.69, 9.17) is 10.3 Å². The van der Waals surface area contributed by atoms with Gasteiger partial charge >= 0.3 is 0 Å². The van der Waals surface area contributed by atoms with Crippen LogP contribution in [-0.4, -0.2) is 47.0 Å². The lowest BCUT2D eigenvalue weighted by Gasteiger charge is -2.23. The van der Waals surface area contributed by atoms with Gasteiger partial charge in [-0.15, -0.1) is 0 Å². The Labute approximate surface area is 129 Å². The number of likely N-dealkylation sites (tertiary alicyclic amines) is 1. The second-order valence-corrected chi connectivity index (χ2v) is 6.00. The minimum Gasteiger partial charge on any atom is -0.360 e. The maximum absolute atomic E-state index is 12.8. The van der Waals surface area contributed by atoms with Crippen LogP contribution < -0.4 is 11.1 Å². The fourth-order valence-electron chi connectivity index (χ4n) is 3.32. The van der Waals surface area contributed by atoms with E-state index < -0.39 is 6.04 Å². The summed E-state index contributed by atoms with van der Waals surface area (Å²) >= 11 is 0. The van der Waals surface area contributed by atoms with Crippen LogP contribution in [0.1, 0.15) is 48.0 Å². The van der Waals surface area contributed by atoms with Gasteiger partial charge in [-0.2, -0.15) is 0 Å². The molecule has 1 aliphatic heterocycles. The predicted octanol–water partition coefficient (Wildman–Crippen LogP) is 0.231. The number of aryl methyl sites for hydroxylation is 1. The molecule has 2 heterocycles. The van der Waals surface area contributed by atoms with Crippen molar-refractivity contribution in [3.05, 3.63) is 17.0 Å². The monoisotopic (exact) mass is 306 g/mol. The molecular formula is C15H22N4O3. The Morgan fingerprint density at radius 2 is 2.18 bits per heavy atom. The van der Waals surface area contributed by atoms with Gasteiger partial charge < -0.3 is 20.5 Å². The fraction of sp³-hybridized carbons (Fsp3) is 0.667. The largest absolute Gasteiger partial charge is 0.360 e. The standard InChI is InChI=1S/C15H22N4O3/c1-2-17-14(20)11-7-9(16)8-19(11)15(21)13-10-5-3-4-6-12(10)22-18-13/h9,11H,2-8,16H2,1H3,(H,17,20)/t9-,11-/m0/s1. The minimum absolute atomic E-state index is 0.152. The third-order valence-electron chi connectivity index (χ3n) is 4.40. The molecule has 2 amide bonds. The number of hydrogen-bond donors (Lipinski definition) is 2. The second-order valence-electron chi connectivity index (χ2n) is 6.00. The number of amides is 2. The predicted molar refractivity (Wildman–Crippen MR) is 79.2 cm³/mol. The number of rotatable bonds is 3. The molecule has 0 saturated carbocycles. The van der Waals surface area contributed by atoms with Crippen LogP contribution in [0.15, 0.2) is 4.52 Å². The first kappa shape index (κ1) is 15.0. The molecular weight excluding hydrogens is 284 g/mol. The van der Waals surface area contributed by atoms with Crippen LogP contribution in [0.3, 0.4) is 0 Å². The lowest BCUT2D eigenvalue weighted by molar-refractivity contribution is -0.124. The molecule has 3 N–H and O–H groups in total. The van der Waals surface area contributed by atoms with Gasteiger partial charge in [-0.05, 0) is 32.6 Å². The molecule has 2 atom stereocenters. The molecule has 1 aliphatic carbocycles. The molecule has 22 heavy (non-hydrogen) atoms. The Kier molecular flexibility index (Phi) is 4.15. The van der Waals surface area contributed by atoms with Crippen molar-refractivity contribution in [2.75, 3.05) is 13.1 Å². The molecule has 0 radical (unpaired) electrons. The molecule has 3 rings (SSSR count). The molecule has 7 nitrogen and oxygen atoms in total. The fourth-order valence-corrected chi connectivity index (χ4v) is 3.32. The van der Waals surface area contributed by atoms with E-state index in [1.165, 1.54) is 0 Å². The first-order valence-electron chi connectivity index (χ1n) is 7.93. The SMILES string of the molecule is CCNC(=O)[C@@H]1C[C@H](N)CN1C(=O)c1noc2c1CCCC2. The second kappa shape index (κ2) is 6.08. The smallest absolute Gasteiger partial charge is 0.277 e. The van der Waals surface area contributed by atoms with Crippen LogP contribution in [0.2, 0.25) is 0 Å². The van der Waals surface area contributed by atoms with Crippen molar-refractivity contribution in [3.8, 4) is 0 Å². The zero-order valence-corrected chi connectivity index (χ0v) is 12.8. The molecule has 0 bridgehead atoms.